The predicted octanol–water partition coefficient (Wildman–Crippen LogP) is 3.81. The van der Waals surface area contributed by atoms with Crippen LogP contribution in [0.3, 0.4) is 0 Å². The van der Waals surface area contributed by atoms with Crippen LogP contribution in [-0.2, 0) is 4.79 Å². The van der Waals surface area contributed by atoms with Crippen molar-refractivity contribution in [3.63, 3.8) is 0 Å². The fraction of sp³-hybridized carbons (Fsp3) is 0.300. The number of hydrogen-bond donors (Lipinski definition) is 2. The van der Waals surface area contributed by atoms with Gasteiger partial charge in [0.05, 0.1) is 16.6 Å². The van der Waals surface area contributed by atoms with Gasteiger partial charge in [-0.3, -0.25) is 20.4 Å². The third-order valence-electron chi connectivity index (χ3n) is 3.73. The molecule has 0 atom stereocenters. The lowest BCUT2D eigenvalue weighted by Crippen LogP contribution is -2.43. The molecule has 0 unspecified atom stereocenters. The zero-order valence-electron chi connectivity index (χ0n) is 15.5. The molecule has 0 aliphatic rings. The van der Waals surface area contributed by atoms with Crippen LogP contribution in [0.2, 0.25) is 0 Å². The molecule has 0 spiro atoms. The minimum absolute atomic E-state index is 0.229. The predicted molar refractivity (Wildman–Crippen MR) is 107 cm³/mol. The van der Waals surface area contributed by atoms with Crippen molar-refractivity contribution < 1.29 is 19.1 Å². The van der Waals surface area contributed by atoms with Crippen LogP contribution in [0.15, 0.2) is 46.9 Å². The number of amides is 2. The molecule has 0 heterocycles. The molecule has 0 saturated heterocycles. The highest BCUT2D eigenvalue weighted by molar-refractivity contribution is 9.10. The smallest absolute Gasteiger partial charge is 0.276 e. The van der Waals surface area contributed by atoms with E-state index in [0.29, 0.717) is 29.6 Å². The molecule has 0 radical (unpaired) electrons. The van der Waals surface area contributed by atoms with Gasteiger partial charge in [-0.05, 0) is 58.6 Å². The van der Waals surface area contributed by atoms with Gasteiger partial charge in [-0.1, -0.05) is 32.0 Å². The van der Waals surface area contributed by atoms with Crippen molar-refractivity contribution in [3.8, 4) is 11.5 Å². The summed E-state index contributed by atoms with van der Waals surface area (Å²) in [5.41, 5.74) is 6.20. The first kappa shape index (κ1) is 20.8. The minimum Gasteiger partial charge on any atom is -0.493 e. The summed E-state index contributed by atoms with van der Waals surface area (Å²) in [6.07, 6.45) is 0. The van der Waals surface area contributed by atoms with E-state index in [4.69, 9.17) is 9.47 Å². The van der Waals surface area contributed by atoms with Gasteiger partial charge in [0, 0.05) is 0 Å². The van der Waals surface area contributed by atoms with Gasteiger partial charge < -0.3 is 9.47 Å². The van der Waals surface area contributed by atoms with Gasteiger partial charge >= 0.3 is 0 Å². The monoisotopic (exact) mass is 434 g/mol. The van der Waals surface area contributed by atoms with E-state index in [9.17, 15) is 9.59 Å². The summed E-state index contributed by atoms with van der Waals surface area (Å²) in [4.78, 5) is 24.2. The molecule has 0 aliphatic heterocycles. The van der Waals surface area contributed by atoms with Crippen molar-refractivity contribution in [2.24, 2.45) is 0 Å². The quantitative estimate of drug-likeness (QED) is 0.649. The molecule has 2 amide bonds. The van der Waals surface area contributed by atoms with Gasteiger partial charge in [-0.15, -0.1) is 0 Å². The molecule has 7 heteroatoms. The average Bonchev–Trinajstić information content (AvgIpc) is 2.65. The molecule has 2 aromatic carbocycles. The maximum atomic E-state index is 12.2. The summed E-state index contributed by atoms with van der Waals surface area (Å²) >= 11 is 3.44. The first-order valence-corrected chi connectivity index (χ1v) is 9.45. The van der Waals surface area contributed by atoms with Crippen molar-refractivity contribution in [1.29, 1.82) is 0 Å². The molecule has 0 saturated carbocycles. The number of nitrogens with one attached hydrogen (secondary N) is 2. The Labute approximate surface area is 167 Å². The zero-order valence-corrected chi connectivity index (χ0v) is 17.1. The number of ether oxygens (including phenoxy) is 2. The number of para-hydroxylation sites is 1. The van der Waals surface area contributed by atoms with Gasteiger partial charge in [-0.25, -0.2) is 0 Å². The number of halogens is 1. The summed E-state index contributed by atoms with van der Waals surface area (Å²) in [5.74, 6) is 0.472. The fourth-order valence-corrected chi connectivity index (χ4v) is 2.81. The van der Waals surface area contributed by atoms with Crippen molar-refractivity contribution >= 4 is 27.7 Å². The van der Waals surface area contributed by atoms with E-state index in [2.05, 4.69) is 40.6 Å². The third kappa shape index (κ3) is 5.99. The number of rotatable bonds is 7. The van der Waals surface area contributed by atoms with E-state index in [1.165, 1.54) is 5.56 Å². The fourth-order valence-electron chi connectivity index (χ4n) is 2.30. The summed E-state index contributed by atoms with van der Waals surface area (Å²) in [6, 6.07) is 12.5. The highest BCUT2D eigenvalue weighted by atomic mass is 79.9. The highest BCUT2D eigenvalue weighted by Gasteiger charge is 2.13. The van der Waals surface area contributed by atoms with Crippen LogP contribution in [0, 0.1) is 0 Å². The van der Waals surface area contributed by atoms with E-state index in [0.717, 1.165) is 4.47 Å². The molecule has 2 N–H and O–H groups in total. The molecule has 0 aromatic heterocycles. The Hall–Kier alpha value is -2.54. The van der Waals surface area contributed by atoms with E-state index in [-0.39, 0.29) is 6.61 Å². The molecular formula is C20H23BrN2O4. The number of carbonyl (C=O) groups is 2. The first-order chi connectivity index (χ1) is 12.9. The Balaban J connectivity index is 1.87. The largest absolute Gasteiger partial charge is 0.493 e. The normalized spacial score (nSPS) is 10.4. The van der Waals surface area contributed by atoms with Crippen molar-refractivity contribution in [3.05, 3.63) is 58.1 Å². The number of hydrogen-bond acceptors (Lipinski definition) is 4. The number of carbonyl (C=O) groups excluding carboxylic acids is 2. The van der Waals surface area contributed by atoms with Crippen molar-refractivity contribution in [2.45, 2.75) is 26.7 Å². The van der Waals surface area contributed by atoms with Crippen LogP contribution in [0.1, 0.15) is 42.6 Å². The van der Waals surface area contributed by atoms with E-state index in [1.54, 1.807) is 24.3 Å². The SMILES string of the molecule is CCOc1ccccc1C(=O)NNC(=O)COc1ccc(C(C)C)cc1Br. The van der Waals surface area contributed by atoms with Gasteiger partial charge in [-0.2, -0.15) is 0 Å². The molecule has 0 bridgehead atoms. The first-order valence-electron chi connectivity index (χ1n) is 8.65. The number of benzene rings is 2. The summed E-state index contributed by atoms with van der Waals surface area (Å²) in [7, 11) is 0. The van der Waals surface area contributed by atoms with Crippen LogP contribution in [0.4, 0.5) is 0 Å². The molecular weight excluding hydrogens is 412 g/mol. The van der Waals surface area contributed by atoms with E-state index in [1.807, 2.05) is 25.1 Å². The van der Waals surface area contributed by atoms with Gasteiger partial charge in [0.15, 0.2) is 6.61 Å². The molecule has 144 valence electrons. The lowest BCUT2D eigenvalue weighted by Gasteiger charge is -2.13. The maximum Gasteiger partial charge on any atom is 0.276 e. The summed E-state index contributed by atoms with van der Waals surface area (Å²) in [5, 5.41) is 0. The Morgan fingerprint density at radius 3 is 2.44 bits per heavy atom. The molecule has 6 nitrogen and oxygen atoms in total. The summed E-state index contributed by atoms with van der Waals surface area (Å²) < 4.78 is 11.7. The Morgan fingerprint density at radius 1 is 1.04 bits per heavy atom. The second-order valence-corrected chi connectivity index (χ2v) is 6.92. The van der Waals surface area contributed by atoms with Crippen LogP contribution in [0.25, 0.3) is 0 Å². The van der Waals surface area contributed by atoms with Gasteiger partial charge in [0.2, 0.25) is 0 Å². The lowest BCUT2D eigenvalue weighted by atomic mass is 10.0. The number of hydrazine groups is 1. The standard InChI is InChI=1S/C20H23BrN2O4/c1-4-26-17-8-6-5-7-15(17)20(25)23-22-19(24)12-27-18-10-9-14(13(2)3)11-16(18)21/h5-11,13H,4,12H2,1-3H3,(H,22,24)(H,23,25). The molecule has 0 aliphatic carbocycles. The van der Waals surface area contributed by atoms with Crippen molar-refractivity contribution in [2.75, 3.05) is 13.2 Å². The summed E-state index contributed by atoms with van der Waals surface area (Å²) in [6.45, 7) is 6.24. The van der Waals surface area contributed by atoms with Gasteiger partial charge in [0.25, 0.3) is 11.8 Å². The van der Waals surface area contributed by atoms with Crippen LogP contribution in [0.5, 0.6) is 11.5 Å². The minimum atomic E-state index is -0.475. The second kappa shape index (κ2) is 9.97. The van der Waals surface area contributed by atoms with Crippen LogP contribution >= 0.6 is 15.9 Å². The molecule has 2 aromatic rings. The Morgan fingerprint density at radius 2 is 1.78 bits per heavy atom. The average molecular weight is 435 g/mol. The maximum absolute atomic E-state index is 12.2. The van der Waals surface area contributed by atoms with E-state index < -0.39 is 11.8 Å². The Bertz CT molecular complexity index is 808. The second-order valence-electron chi connectivity index (χ2n) is 6.06. The van der Waals surface area contributed by atoms with E-state index >= 15 is 0 Å². The highest BCUT2D eigenvalue weighted by Crippen LogP contribution is 2.28. The topological polar surface area (TPSA) is 76.7 Å². The third-order valence-corrected chi connectivity index (χ3v) is 4.35. The molecule has 2 rings (SSSR count). The van der Waals surface area contributed by atoms with Crippen molar-refractivity contribution in [1.82, 2.24) is 10.9 Å². The zero-order chi connectivity index (χ0) is 19.8. The molecule has 0 fully saturated rings. The van der Waals surface area contributed by atoms with Crippen LogP contribution < -0.4 is 20.3 Å². The Kier molecular flexibility index (Phi) is 7.67. The lowest BCUT2D eigenvalue weighted by molar-refractivity contribution is -0.123. The van der Waals surface area contributed by atoms with Gasteiger partial charge in [0.1, 0.15) is 11.5 Å². The van der Waals surface area contributed by atoms with Crippen LogP contribution in [-0.4, -0.2) is 25.0 Å². The molecule has 27 heavy (non-hydrogen) atoms.